The molecule has 0 aromatic heterocycles. The van der Waals surface area contributed by atoms with Gasteiger partial charge in [0.15, 0.2) is 0 Å². The van der Waals surface area contributed by atoms with Crippen LogP contribution in [0.4, 0.5) is 0 Å². The third-order valence-electron chi connectivity index (χ3n) is 3.50. The van der Waals surface area contributed by atoms with Gasteiger partial charge in [-0.25, -0.2) is 0 Å². The summed E-state index contributed by atoms with van der Waals surface area (Å²) in [6.45, 7) is 10.4. The number of imide groups is 1. The van der Waals surface area contributed by atoms with Crippen LogP contribution in [0.2, 0.25) is 0 Å². The molecule has 0 aliphatic carbocycles. The lowest BCUT2D eigenvalue weighted by atomic mass is 10.0. The van der Waals surface area contributed by atoms with E-state index >= 15 is 0 Å². The molecule has 0 heterocycles. The van der Waals surface area contributed by atoms with Crippen LogP contribution in [0.3, 0.4) is 0 Å². The Morgan fingerprint density at radius 3 is 2.33 bits per heavy atom. The normalized spacial score (nSPS) is 12.9. The predicted octanol–water partition coefficient (Wildman–Crippen LogP) is 2.38. The lowest BCUT2D eigenvalue weighted by Gasteiger charge is -2.30. The van der Waals surface area contributed by atoms with Crippen molar-refractivity contribution in [1.82, 2.24) is 4.90 Å². The standard InChI is InChI=1S/C17H30N2O5/c1-6-7-15(21)19(14-20)11-8-16(2,3)23-12-9-17(4,5)24-13-10-18-22/h6-7,10,14,22H,8-9,11-13H2,1-5H3/b7-6-,18-10+. The predicted molar refractivity (Wildman–Crippen MR) is 92.2 cm³/mol. The number of ether oxygens (including phenoxy) is 2. The molecule has 0 saturated carbocycles. The Labute approximate surface area is 144 Å². The molecule has 2 amide bonds. The minimum Gasteiger partial charge on any atom is -0.411 e. The number of hydrogen-bond donors (Lipinski definition) is 1. The highest BCUT2D eigenvalue weighted by Gasteiger charge is 2.24. The Balaban J connectivity index is 4.29. The second kappa shape index (κ2) is 10.9. The number of oxime groups is 1. The highest BCUT2D eigenvalue weighted by molar-refractivity contribution is 5.94. The minimum atomic E-state index is -0.472. The van der Waals surface area contributed by atoms with E-state index in [4.69, 9.17) is 14.7 Å². The Morgan fingerprint density at radius 2 is 1.79 bits per heavy atom. The third kappa shape index (κ3) is 10.1. The molecule has 0 aliphatic rings. The van der Waals surface area contributed by atoms with Gasteiger partial charge in [-0.2, -0.15) is 0 Å². The third-order valence-corrected chi connectivity index (χ3v) is 3.50. The van der Waals surface area contributed by atoms with Crippen molar-refractivity contribution in [2.24, 2.45) is 5.16 Å². The Morgan fingerprint density at radius 1 is 1.17 bits per heavy atom. The molecule has 24 heavy (non-hydrogen) atoms. The van der Waals surface area contributed by atoms with Gasteiger partial charge in [0.05, 0.1) is 30.6 Å². The monoisotopic (exact) mass is 342 g/mol. The fourth-order valence-corrected chi connectivity index (χ4v) is 1.86. The summed E-state index contributed by atoms with van der Waals surface area (Å²) >= 11 is 0. The first-order valence-electron chi connectivity index (χ1n) is 8.00. The topological polar surface area (TPSA) is 88.4 Å². The summed E-state index contributed by atoms with van der Waals surface area (Å²) < 4.78 is 11.4. The summed E-state index contributed by atoms with van der Waals surface area (Å²) in [5, 5.41) is 11.2. The van der Waals surface area contributed by atoms with E-state index < -0.39 is 11.2 Å². The van der Waals surface area contributed by atoms with Crippen molar-refractivity contribution < 1.29 is 24.3 Å². The molecule has 1 N–H and O–H groups in total. The van der Waals surface area contributed by atoms with Gasteiger partial charge in [-0.15, -0.1) is 0 Å². The summed E-state index contributed by atoms with van der Waals surface area (Å²) in [7, 11) is 0. The van der Waals surface area contributed by atoms with E-state index in [2.05, 4.69) is 5.16 Å². The van der Waals surface area contributed by atoms with Crippen LogP contribution in [0.15, 0.2) is 17.3 Å². The molecule has 138 valence electrons. The maximum atomic E-state index is 11.7. The van der Waals surface area contributed by atoms with Crippen LogP contribution in [0.25, 0.3) is 0 Å². The fourth-order valence-electron chi connectivity index (χ4n) is 1.86. The van der Waals surface area contributed by atoms with Gasteiger partial charge in [0.1, 0.15) is 0 Å². The Bertz CT molecular complexity index is 444. The lowest BCUT2D eigenvalue weighted by molar-refractivity contribution is -0.135. The van der Waals surface area contributed by atoms with E-state index in [0.717, 1.165) is 4.90 Å². The average Bonchev–Trinajstić information content (AvgIpc) is 2.47. The zero-order valence-corrected chi connectivity index (χ0v) is 15.3. The van der Waals surface area contributed by atoms with Crippen LogP contribution < -0.4 is 0 Å². The van der Waals surface area contributed by atoms with Crippen LogP contribution in [0, 0.1) is 0 Å². The molecule has 7 nitrogen and oxygen atoms in total. The van der Waals surface area contributed by atoms with Gasteiger partial charge in [0, 0.05) is 6.54 Å². The molecule has 0 fully saturated rings. The zero-order valence-electron chi connectivity index (χ0n) is 15.3. The second-order valence-electron chi connectivity index (χ2n) is 6.61. The number of amides is 2. The summed E-state index contributed by atoms with van der Waals surface area (Å²) in [6.07, 6.45) is 5.97. The number of carbonyl (C=O) groups excluding carboxylic acids is 2. The SMILES string of the molecule is C/C=C\C(=O)N(C=O)CCC(C)(C)OCCC(C)(C)OC/C=N/O. The lowest BCUT2D eigenvalue weighted by Crippen LogP contribution is -2.36. The van der Waals surface area contributed by atoms with Crippen LogP contribution in [-0.4, -0.2) is 59.6 Å². The van der Waals surface area contributed by atoms with E-state index in [1.807, 2.05) is 27.7 Å². The molecule has 0 radical (unpaired) electrons. The van der Waals surface area contributed by atoms with Gasteiger partial charge in [-0.1, -0.05) is 11.2 Å². The summed E-state index contributed by atoms with van der Waals surface area (Å²) in [4.78, 5) is 23.8. The zero-order chi connectivity index (χ0) is 18.6. The van der Waals surface area contributed by atoms with Gasteiger partial charge in [0.25, 0.3) is 5.91 Å². The number of hydrogen-bond acceptors (Lipinski definition) is 6. The van der Waals surface area contributed by atoms with E-state index in [-0.39, 0.29) is 12.5 Å². The number of carbonyl (C=O) groups is 2. The molecule has 0 saturated heterocycles. The van der Waals surface area contributed by atoms with Gasteiger partial charge in [-0.05, 0) is 53.5 Å². The Hall–Kier alpha value is -1.73. The second-order valence-corrected chi connectivity index (χ2v) is 6.61. The van der Waals surface area contributed by atoms with Crippen LogP contribution in [-0.2, 0) is 19.1 Å². The molecule has 0 aliphatic heterocycles. The molecule has 0 rings (SSSR count). The van der Waals surface area contributed by atoms with Crippen molar-refractivity contribution in [3.8, 4) is 0 Å². The smallest absolute Gasteiger partial charge is 0.252 e. The largest absolute Gasteiger partial charge is 0.411 e. The van der Waals surface area contributed by atoms with Crippen LogP contribution in [0.5, 0.6) is 0 Å². The first-order valence-corrected chi connectivity index (χ1v) is 8.00. The number of nitrogens with zero attached hydrogens (tertiary/aromatic N) is 2. The van der Waals surface area contributed by atoms with E-state index in [9.17, 15) is 9.59 Å². The first-order chi connectivity index (χ1) is 11.2. The van der Waals surface area contributed by atoms with Crippen molar-refractivity contribution in [2.75, 3.05) is 19.8 Å². The summed E-state index contributed by atoms with van der Waals surface area (Å²) in [6, 6.07) is 0. The van der Waals surface area contributed by atoms with Crippen LogP contribution >= 0.6 is 0 Å². The van der Waals surface area contributed by atoms with E-state index in [1.54, 1.807) is 13.0 Å². The molecular formula is C17H30N2O5. The van der Waals surface area contributed by atoms with E-state index in [1.165, 1.54) is 12.3 Å². The Kier molecular flexibility index (Phi) is 10.1. The molecule has 0 aromatic carbocycles. The van der Waals surface area contributed by atoms with Gasteiger partial charge >= 0.3 is 0 Å². The molecule has 7 heteroatoms. The maximum Gasteiger partial charge on any atom is 0.252 e. The maximum absolute atomic E-state index is 11.7. The summed E-state index contributed by atoms with van der Waals surface area (Å²) in [5.74, 6) is -0.330. The van der Waals surface area contributed by atoms with E-state index in [0.29, 0.717) is 32.4 Å². The molecule has 0 atom stereocenters. The fraction of sp³-hybridized carbons (Fsp3) is 0.706. The van der Waals surface area contributed by atoms with Crippen LogP contribution in [0.1, 0.15) is 47.5 Å². The quantitative estimate of drug-likeness (QED) is 0.193. The van der Waals surface area contributed by atoms with Gasteiger partial charge in [0.2, 0.25) is 6.41 Å². The van der Waals surface area contributed by atoms with Crippen molar-refractivity contribution in [3.63, 3.8) is 0 Å². The van der Waals surface area contributed by atoms with Gasteiger partial charge in [-0.3, -0.25) is 14.5 Å². The number of allylic oxidation sites excluding steroid dienone is 1. The summed E-state index contributed by atoms with van der Waals surface area (Å²) in [5.41, 5.74) is -0.881. The highest BCUT2D eigenvalue weighted by atomic mass is 16.5. The average molecular weight is 342 g/mol. The van der Waals surface area contributed by atoms with Crippen molar-refractivity contribution >= 4 is 18.5 Å². The van der Waals surface area contributed by atoms with Gasteiger partial charge < -0.3 is 14.7 Å². The number of rotatable bonds is 12. The van der Waals surface area contributed by atoms with Crippen molar-refractivity contribution in [1.29, 1.82) is 0 Å². The highest BCUT2D eigenvalue weighted by Crippen LogP contribution is 2.19. The molecule has 0 aromatic rings. The molecular weight excluding hydrogens is 312 g/mol. The molecule has 0 bridgehead atoms. The van der Waals surface area contributed by atoms with Crippen molar-refractivity contribution in [3.05, 3.63) is 12.2 Å². The molecule has 0 spiro atoms. The molecule has 0 unspecified atom stereocenters. The minimum absolute atomic E-state index is 0.230. The first kappa shape index (κ1) is 22.3. The van der Waals surface area contributed by atoms with Crippen molar-refractivity contribution in [2.45, 2.75) is 58.7 Å².